The van der Waals surface area contributed by atoms with E-state index in [2.05, 4.69) is 6.58 Å². The molecule has 0 aromatic heterocycles. The molecule has 1 rings (SSSR count). The Kier molecular flexibility index (Phi) is 7.45. The third-order valence-electron chi connectivity index (χ3n) is 3.64. The van der Waals surface area contributed by atoms with Gasteiger partial charge in [-0.05, 0) is 32.0 Å². The SMILES string of the molecule is C=C(C)CN(CC)C(=O)c1cc(S(=O)(=O)N(CC)CC)ccc1Cl. The van der Waals surface area contributed by atoms with E-state index in [9.17, 15) is 13.2 Å². The average molecular weight is 373 g/mol. The predicted molar refractivity (Wildman–Crippen MR) is 98.0 cm³/mol. The number of benzene rings is 1. The second kappa shape index (κ2) is 8.65. The van der Waals surface area contributed by atoms with Gasteiger partial charge in [0.2, 0.25) is 10.0 Å². The molecule has 0 bridgehead atoms. The zero-order valence-corrected chi connectivity index (χ0v) is 16.2. The van der Waals surface area contributed by atoms with Crippen molar-refractivity contribution < 1.29 is 13.2 Å². The van der Waals surface area contributed by atoms with Gasteiger partial charge in [-0.1, -0.05) is 37.6 Å². The van der Waals surface area contributed by atoms with Crippen LogP contribution in [-0.4, -0.2) is 49.7 Å². The van der Waals surface area contributed by atoms with E-state index in [0.717, 1.165) is 5.57 Å². The van der Waals surface area contributed by atoms with E-state index in [1.165, 1.54) is 22.5 Å². The number of likely N-dealkylation sites (N-methyl/N-ethyl adjacent to an activating group) is 1. The first kappa shape index (κ1) is 20.7. The summed E-state index contributed by atoms with van der Waals surface area (Å²) in [4.78, 5) is 14.4. The molecule has 0 saturated heterocycles. The van der Waals surface area contributed by atoms with E-state index in [0.29, 0.717) is 26.2 Å². The first-order valence-electron chi connectivity index (χ1n) is 7.92. The van der Waals surface area contributed by atoms with E-state index in [1.807, 2.05) is 13.8 Å². The molecule has 1 aromatic carbocycles. The molecular formula is C17H25ClN2O3S. The third kappa shape index (κ3) is 4.59. The normalized spacial score (nSPS) is 11.6. The lowest BCUT2D eigenvalue weighted by Crippen LogP contribution is -2.33. The van der Waals surface area contributed by atoms with E-state index in [-0.39, 0.29) is 21.4 Å². The van der Waals surface area contributed by atoms with E-state index < -0.39 is 10.0 Å². The van der Waals surface area contributed by atoms with Gasteiger partial charge in [-0.15, -0.1) is 0 Å². The molecule has 0 unspecified atom stereocenters. The summed E-state index contributed by atoms with van der Waals surface area (Å²) >= 11 is 6.15. The highest BCUT2D eigenvalue weighted by Gasteiger charge is 2.25. The first-order chi connectivity index (χ1) is 11.2. The van der Waals surface area contributed by atoms with Crippen LogP contribution >= 0.6 is 11.6 Å². The van der Waals surface area contributed by atoms with Crippen LogP contribution in [0.1, 0.15) is 38.1 Å². The summed E-state index contributed by atoms with van der Waals surface area (Å²) in [5.41, 5.74) is 1.03. The lowest BCUT2D eigenvalue weighted by Gasteiger charge is -2.23. The fourth-order valence-corrected chi connectivity index (χ4v) is 4.05. The lowest BCUT2D eigenvalue weighted by molar-refractivity contribution is 0.0778. The molecule has 134 valence electrons. The minimum absolute atomic E-state index is 0.0744. The zero-order chi connectivity index (χ0) is 18.5. The monoisotopic (exact) mass is 372 g/mol. The van der Waals surface area contributed by atoms with Gasteiger partial charge in [0.15, 0.2) is 0 Å². The molecule has 0 saturated carbocycles. The Morgan fingerprint density at radius 1 is 1.17 bits per heavy atom. The largest absolute Gasteiger partial charge is 0.335 e. The van der Waals surface area contributed by atoms with E-state index in [1.54, 1.807) is 18.7 Å². The van der Waals surface area contributed by atoms with Gasteiger partial charge in [-0.2, -0.15) is 4.31 Å². The maximum absolute atomic E-state index is 12.7. The van der Waals surface area contributed by atoms with Gasteiger partial charge in [-0.3, -0.25) is 4.79 Å². The number of hydrogen-bond donors (Lipinski definition) is 0. The smallest absolute Gasteiger partial charge is 0.255 e. The van der Waals surface area contributed by atoms with Crippen LogP contribution < -0.4 is 0 Å². The molecule has 1 amide bonds. The summed E-state index contributed by atoms with van der Waals surface area (Å²) in [5, 5.41) is 0.235. The molecule has 5 nitrogen and oxygen atoms in total. The van der Waals surface area contributed by atoms with Crippen LogP contribution in [0.5, 0.6) is 0 Å². The number of nitrogens with zero attached hydrogens (tertiary/aromatic N) is 2. The molecule has 7 heteroatoms. The minimum Gasteiger partial charge on any atom is -0.335 e. The molecule has 0 spiro atoms. The first-order valence-corrected chi connectivity index (χ1v) is 9.74. The van der Waals surface area contributed by atoms with Crippen molar-refractivity contribution in [3.05, 3.63) is 40.9 Å². The number of carbonyl (C=O) groups is 1. The Hall–Kier alpha value is -1.37. The molecule has 0 aliphatic heterocycles. The minimum atomic E-state index is -3.64. The highest BCUT2D eigenvalue weighted by atomic mass is 35.5. The van der Waals surface area contributed by atoms with Gasteiger partial charge in [0.25, 0.3) is 5.91 Å². The van der Waals surface area contributed by atoms with Crippen LogP contribution in [0.3, 0.4) is 0 Å². The van der Waals surface area contributed by atoms with Crippen LogP contribution in [0, 0.1) is 0 Å². The van der Waals surface area contributed by atoms with Crippen LogP contribution in [-0.2, 0) is 10.0 Å². The molecule has 0 atom stereocenters. The highest BCUT2D eigenvalue weighted by Crippen LogP contribution is 2.24. The topological polar surface area (TPSA) is 57.7 Å². The predicted octanol–water partition coefficient (Wildman–Crippen LogP) is 3.41. The van der Waals surface area contributed by atoms with Gasteiger partial charge in [0, 0.05) is 26.2 Å². The quantitative estimate of drug-likeness (QED) is 0.657. The maximum atomic E-state index is 12.7. The van der Waals surface area contributed by atoms with Gasteiger partial charge < -0.3 is 4.90 Å². The lowest BCUT2D eigenvalue weighted by atomic mass is 10.2. The Balaban J connectivity index is 3.32. The Morgan fingerprint density at radius 3 is 2.21 bits per heavy atom. The molecule has 0 N–H and O–H groups in total. The number of halogens is 1. The zero-order valence-electron chi connectivity index (χ0n) is 14.7. The number of sulfonamides is 1. The molecule has 0 heterocycles. The molecule has 0 fully saturated rings. The van der Waals surface area contributed by atoms with E-state index >= 15 is 0 Å². The van der Waals surface area contributed by atoms with Gasteiger partial charge in [0.1, 0.15) is 0 Å². The molecule has 0 aliphatic rings. The summed E-state index contributed by atoms with van der Waals surface area (Å²) in [6.45, 7) is 12.7. The Labute approximate surface area is 150 Å². The summed E-state index contributed by atoms with van der Waals surface area (Å²) in [5.74, 6) is -0.304. The summed E-state index contributed by atoms with van der Waals surface area (Å²) in [6.07, 6.45) is 0. The maximum Gasteiger partial charge on any atom is 0.255 e. The van der Waals surface area contributed by atoms with Crippen molar-refractivity contribution in [2.75, 3.05) is 26.2 Å². The van der Waals surface area contributed by atoms with Crippen molar-refractivity contribution in [3.8, 4) is 0 Å². The standard InChI is InChI=1S/C17H25ClN2O3S/c1-6-19(12-13(4)5)17(21)15-11-14(9-10-16(15)18)24(22,23)20(7-2)8-3/h9-11H,4,6-8,12H2,1-3,5H3. The van der Waals surface area contributed by atoms with Crippen molar-refractivity contribution in [1.29, 1.82) is 0 Å². The van der Waals surface area contributed by atoms with Crippen LogP contribution in [0.15, 0.2) is 35.2 Å². The van der Waals surface area contributed by atoms with Gasteiger partial charge >= 0.3 is 0 Å². The fraction of sp³-hybridized carbons (Fsp3) is 0.471. The number of amides is 1. The van der Waals surface area contributed by atoms with Crippen molar-refractivity contribution >= 4 is 27.5 Å². The molecule has 24 heavy (non-hydrogen) atoms. The number of rotatable bonds is 8. The van der Waals surface area contributed by atoms with Gasteiger partial charge in [0.05, 0.1) is 15.5 Å². The van der Waals surface area contributed by atoms with Gasteiger partial charge in [-0.25, -0.2) is 8.42 Å². The second-order valence-corrected chi connectivity index (χ2v) is 7.85. The Morgan fingerprint density at radius 2 is 1.75 bits per heavy atom. The van der Waals surface area contributed by atoms with Crippen LogP contribution in [0.25, 0.3) is 0 Å². The third-order valence-corrected chi connectivity index (χ3v) is 6.02. The van der Waals surface area contributed by atoms with E-state index in [4.69, 9.17) is 11.6 Å². The highest BCUT2D eigenvalue weighted by molar-refractivity contribution is 7.89. The molecule has 0 aliphatic carbocycles. The van der Waals surface area contributed by atoms with Crippen molar-refractivity contribution in [1.82, 2.24) is 9.21 Å². The van der Waals surface area contributed by atoms with Crippen LogP contribution in [0.4, 0.5) is 0 Å². The summed E-state index contributed by atoms with van der Waals surface area (Å²) in [6, 6.07) is 4.25. The number of carbonyl (C=O) groups excluding carboxylic acids is 1. The average Bonchev–Trinajstić information content (AvgIpc) is 2.52. The summed E-state index contributed by atoms with van der Waals surface area (Å²) in [7, 11) is -3.64. The van der Waals surface area contributed by atoms with Crippen molar-refractivity contribution in [2.24, 2.45) is 0 Å². The Bertz CT molecular complexity index is 713. The number of hydrogen-bond acceptors (Lipinski definition) is 3. The van der Waals surface area contributed by atoms with Crippen molar-refractivity contribution in [3.63, 3.8) is 0 Å². The molecular weight excluding hydrogens is 348 g/mol. The fourth-order valence-electron chi connectivity index (χ4n) is 2.36. The molecule has 1 aromatic rings. The van der Waals surface area contributed by atoms with Crippen molar-refractivity contribution in [2.45, 2.75) is 32.6 Å². The molecule has 0 radical (unpaired) electrons. The second-order valence-electron chi connectivity index (χ2n) is 5.51. The summed E-state index contributed by atoms with van der Waals surface area (Å²) < 4.78 is 26.6. The van der Waals surface area contributed by atoms with Crippen LogP contribution in [0.2, 0.25) is 5.02 Å².